The van der Waals surface area contributed by atoms with E-state index in [0.717, 1.165) is 91.6 Å². The van der Waals surface area contributed by atoms with Crippen LogP contribution in [0.1, 0.15) is 79.3 Å². The number of hydrogen-bond donors (Lipinski definition) is 1. The SMILES string of the molecule is O=C(COc1ccc(C2=[N+]3C(=Cc4ccc(-c5cccs5)n4[B-]3(F)F)C=C2)cc1)NCCCCCCn1cc(CCCCN2CCC3(CC2)OCc2ccccc23)c2ccccc21. The van der Waals surface area contributed by atoms with E-state index in [1.165, 1.54) is 51.8 Å². The number of nitrogens with one attached hydrogen (secondary N) is 1. The summed E-state index contributed by atoms with van der Waals surface area (Å²) < 4.78 is 49.5. The third-order valence-electron chi connectivity index (χ3n) is 13.5. The summed E-state index contributed by atoms with van der Waals surface area (Å²) in [6.45, 7) is 1.45. The molecule has 0 saturated carbocycles. The van der Waals surface area contributed by atoms with Gasteiger partial charge in [0.25, 0.3) is 5.91 Å². The summed E-state index contributed by atoms with van der Waals surface area (Å²) in [4.78, 5) is 16.0. The molecule has 3 aromatic heterocycles. The fourth-order valence-corrected chi connectivity index (χ4v) is 10.9. The number of benzene rings is 3. The van der Waals surface area contributed by atoms with Gasteiger partial charge < -0.3 is 41.9 Å². The first-order valence-corrected chi connectivity index (χ1v) is 23.6. The number of allylic oxidation sites excluding steroid dienone is 2. The van der Waals surface area contributed by atoms with Gasteiger partial charge in [0.05, 0.1) is 12.2 Å². The van der Waals surface area contributed by atoms with Gasteiger partial charge in [-0.15, -0.1) is 11.3 Å². The highest BCUT2D eigenvalue weighted by Crippen LogP contribution is 2.44. The molecule has 1 N–H and O–H groups in total. The van der Waals surface area contributed by atoms with Crippen LogP contribution in [0.4, 0.5) is 8.63 Å². The quantitative estimate of drug-likeness (QED) is 0.0733. The Labute approximate surface area is 372 Å². The predicted molar refractivity (Wildman–Crippen MR) is 249 cm³/mol. The number of aryl methyl sites for hydroxylation is 2. The van der Waals surface area contributed by atoms with E-state index in [2.05, 4.69) is 69.5 Å². The number of amides is 1. The molecule has 0 aliphatic carbocycles. The second kappa shape index (κ2) is 17.9. The van der Waals surface area contributed by atoms with Crippen molar-refractivity contribution in [3.8, 4) is 16.3 Å². The maximum Gasteiger partial charge on any atom is 0.737 e. The number of ether oxygens (including phenoxy) is 2. The molecule has 12 heteroatoms. The van der Waals surface area contributed by atoms with Gasteiger partial charge in [0.1, 0.15) is 5.75 Å². The van der Waals surface area contributed by atoms with Crippen LogP contribution in [0.25, 0.3) is 27.6 Å². The second-order valence-corrected chi connectivity index (χ2v) is 18.4. The molecule has 10 rings (SSSR count). The number of hydrogen-bond acceptors (Lipinski definition) is 5. The number of thiophene rings is 1. The Bertz CT molecular complexity index is 2690. The fraction of sp³-hybridized carbons (Fsp3) is 0.333. The van der Waals surface area contributed by atoms with E-state index in [-0.39, 0.29) is 18.1 Å². The van der Waals surface area contributed by atoms with Crippen molar-refractivity contribution in [1.29, 1.82) is 0 Å². The van der Waals surface area contributed by atoms with E-state index >= 15 is 8.63 Å². The number of carbonyl (C=O) groups excluding carboxylic acids is 1. The van der Waals surface area contributed by atoms with Gasteiger partial charge in [-0.05, 0) is 122 Å². The first-order chi connectivity index (χ1) is 30.9. The van der Waals surface area contributed by atoms with E-state index in [9.17, 15) is 4.79 Å². The summed E-state index contributed by atoms with van der Waals surface area (Å²) in [6, 6.07) is 31.8. The van der Waals surface area contributed by atoms with Gasteiger partial charge in [0.15, 0.2) is 18.0 Å². The molecule has 4 aliphatic heterocycles. The van der Waals surface area contributed by atoms with Gasteiger partial charge in [-0.2, -0.15) is 0 Å². The van der Waals surface area contributed by atoms with E-state index in [1.807, 2.05) is 17.5 Å². The smallest absolute Gasteiger partial charge is 0.484 e. The average molecular weight is 866 g/mol. The zero-order chi connectivity index (χ0) is 42.8. The summed E-state index contributed by atoms with van der Waals surface area (Å²) >= 11 is 1.45. The number of unbranched alkanes of at least 4 members (excludes halogenated alkanes) is 4. The molecule has 1 saturated heterocycles. The van der Waals surface area contributed by atoms with Crippen LogP contribution in [0.2, 0.25) is 0 Å². The third-order valence-corrected chi connectivity index (χ3v) is 14.4. The lowest BCUT2D eigenvalue weighted by Gasteiger charge is -2.39. The Kier molecular flexibility index (Phi) is 11.8. The van der Waals surface area contributed by atoms with Gasteiger partial charge in [-0.1, -0.05) is 61.4 Å². The maximum atomic E-state index is 16.3. The van der Waals surface area contributed by atoms with Crippen LogP contribution in [0.15, 0.2) is 126 Å². The molecule has 8 nitrogen and oxygen atoms in total. The number of likely N-dealkylation sites (tertiary alicyclic amines) is 1. The molecule has 0 atom stereocenters. The summed E-state index contributed by atoms with van der Waals surface area (Å²) in [7, 11) is 0. The number of carbonyl (C=O) groups is 1. The van der Waals surface area contributed by atoms with Crippen LogP contribution in [0, 0.1) is 0 Å². The summed E-state index contributed by atoms with van der Waals surface area (Å²) in [6.07, 6.45) is 17.4. The summed E-state index contributed by atoms with van der Waals surface area (Å²) in [5.74, 6) is 0.330. The predicted octanol–water partition coefficient (Wildman–Crippen LogP) is 10.4. The summed E-state index contributed by atoms with van der Waals surface area (Å²) in [5, 5.41) is 6.25. The molecule has 3 aromatic carbocycles. The van der Waals surface area contributed by atoms with Crippen LogP contribution >= 0.6 is 11.3 Å². The van der Waals surface area contributed by atoms with E-state index in [0.29, 0.717) is 40.7 Å². The minimum absolute atomic E-state index is 0.0655. The van der Waals surface area contributed by atoms with Gasteiger partial charge >= 0.3 is 6.97 Å². The molecule has 0 bridgehead atoms. The Morgan fingerprint density at radius 2 is 1.67 bits per heavy atom. The van der Waals surface area contributed by atoms with Crippen molar-refractivity contribution in [2.75, 3.05) is 32.8 Å². The van der Waals surface area contributed by atoms with Crippen LogP contribution < -0.4 is 10.1 Å². The zero-order valence-electron chi connectivity index (χ0n) is 35.7. The normalized spacial score (nSPS) is 17.3. The average Bonchev–Trinajstić information content (AvgIpc) is 4.17. The first-order valence-electron chi connectivity index (χ1n) is 22.7. The number of para-hydroxylation sites is 1. The number of fused-ring (bicyclic) bond motifs is 5. The number of piperidine rings is 1. The minimum Gasteiger partial charge on any atom is -0.484 e. The monoisotopic (exact) mass is 865 g/mol. The molecular formula is C51H54BF2N5O3S. The molecule has 324 valence electrons. The number of halogens is 2. The van der Waals surface area contributed by atoms with Crippen LogP contribution in [-0.2, 0) is 34.7 Å². The Morgan fingerprint density at radius 1 is 0.857 bits per heavy atom. The van der Waals surface area contributed by atoms with E-state index in [4.69, 9.17) is 9.47 Å². The highest BCUT2D eigenvalue weighted by Gasteiger charge is 2.53. The van der Waals surface area contributed by atoms with Crippen molar-refractivity contribution in [2.24, 2.45) is 0 Å². The van der Waals surface area contributed by atoms with E-state index in [1.54, 1.807) is 54.6 Å². The van der Waals surface area contributed by atoms with Crippen molar-refractivity contribution >= 4 is 46.9 Å². The van der Waals surface area contributed by atoms with Crippen LogP contribution in [0.5, 0.6) is 5.75 Å². The number of nitrogens with zero attached hydrogens (tertiary/aromatic N) is 4. The molecule has 0 unspecified atom stereocenters. The number of rotatable bonds is 17. The number of aromatic nitrogens is 2. The van der Waals surface area contributed by atoms with E-state index < -0.39 is 6.97 Å². The van der Waals surface area contributed by atoms with Gasteiger partial charge in [0, 0.05) is 83.3 Å². The van der Waals surface area contributed by atoms with Crippen molar-refractivity contribution in [1.82, 2.24) is 19.3 Å². The standard InChI is InChI=1S/C51H54BF2N5O3S/c53-52(54)58-41(34-42-21-25-48(59(42)52)49-17-11-33-63-49)20-24-46(58)38-18-22-43(23-19-38)61-37-50(60)55-28-8-1-2-9-30-57-35-39(44-14-4-6-16-47(44)57)12-7-10-29-56-31-26-51(27-32-56)45-15-5-3-13-40(45)36-62-51/h3-6,11,13-25,33-35H,1-2,7-10,12,26-32,36-37H2,(H,55,60). The molecular weight excluding hydrogens is 811 g/mol. The molecule has 4 aliphatic rings. The first kappa shape index (κ1) is 41.5. The second-order valence-electron chi connectivity index (χ2n) is 17.4. The Morgan fingerprint density at radius 3 is 2.52 bits per heavy atom. The molecule has 63 heavy (non-hydrogen) atoms. The van der Waals surface area contributed by atoms with Crippen molar-refractivity contribution in [3.05, 3.63) is 154 Å². The topological polar surface area (TPSA) is 63.7 Å². The molecule has 7 heterocycles. The van der Waals surface area contributed by atoms with Crippen LogP contribution in [0.3, 0.4) is 0 Å². The van der Waals surface area contributed by atoms with Crippen LogP contribution in [-0.4, -0.2) is 69.8 Å². The molecule has 1 amide bonds. The highest BCUT2D eigenvalue weighted by molar-refractivity contribution is 7.13. The highest BCUT2D eigenvalue weighted by atomic mass is 32.1. The lowest BCUT2D eigenvalue weighted by molar-refractivity contribution is -0.360. The van der Waals surface area contributed by atoms with Gasteiger partial charge in [-0.3, -0.25) is 4.79 Å². The molecule has 6 aromatic rings. The largest absolute Gasteiger partial charge is 0.737 e. The lowest BCUT2D eigenvalue weighted by Crippen LogP contribution is -2.50. The summed E-state index contributed by atoms with van der Waals surface area (Å²) in [5.41, 5.74) is 8.01. The Balaban J connectivity index is 0.632. The molecule has 1 fully saturated rings. The molecule has 1 spiro atoms. The van der Waals surface area contributed by atoms with Gasteiger partial charge in [-0.25, -0.2) is 0 Å². The zero-order valence-corrected chi connectivity index (χ0v) is 36.5. The fourth-order valence-electron chi connectivity index (χ4n) is 10.2. The maximum absolute atomic E-state index is 16.3. The van der Waals surface area contributed by atoms with Crippen molar-refractivity contribution in [3.63, 3.8) is 0 Å². The van der Waals surface area contributed by atoms with Gasteiger partial charge in [0.2, 0.25) is 0 Å². The third kappa shape index (κ3) is 8.36. The minimum atomic E-state index is -4.14. The lowest BCUT2D eigenvalue weighted by atomic mass is 9.84. The van der Waals surface area contributed by atoms with Crippen molar-refractivity contribution < 1.29 is 27.4 Å². The Hall–Kier alpha value is -5.56. The molecule has 0 radical (unpaired) electrons. The van der Waals surface area contributed by atoms with Crippen molar-refractivity contribution in [2.45, 2.75) is 76.5 Å².